The van der Waals surface area contributed by atoms with Crippen LogP contribution in [0.4, 0.5) is 11.5 Å². The normalized spacial score (nSPS) is 17.0. The predicted molar refractivity (Wildman–Crippen MR) is 80.5 cm³/mol. The third-order valence-corrected chi connectivity index (χ3v) is 3.84. The van der Waals surface area contributed by atoms with E-state index in [0.29, 0.717) is 0 Å². The van der Waals surface area contributed by atoms with Crippen molar-refractivity contribution in [2.45, 2.75) is 6.92 Å². The average Bonchev–Trinajstić information content (AvgIpc) is 2.47. The second-order valence-corrected chi connectivity index (χ2v) is 5.04. The molecule has 2 N–H and O–H groups in total. The Kier molecular flexibility index (Phi) is 3.25. The third kappa shape index (κ3) is 2.49. The number of nitrogens with two attached hydrogens (primary N) is 1. The van der Waals surface area contributed by atoms with Gasteiger partial charge in [0.05, 0.1) is 5.52 Å². The first kappa shape index (κ1) is 12.2. The summed E-state index contributed by atoms with van der Waals surface area (Å²) >= 11 is 0. The Morgan fingerprint density at radius 2 is 1.89 bits per heavy atom. The third-order valence-electron chi connectivity index (χ3n) is 3.84. The van der Waals surface area contributed by atoms with Crippen LogP contribution in [0.3, 0.4) is 0 Å². The van der Waals surface area contributed by atoms with Crippen molar-refractivity contribution in [1.82, 2.24) is 9.88 Å². The molecule has 4 heteroatoms. The van der Waals surface area contributed by atoms with Gasteiger partial charge < -0.3 is 15.5 Å². The van der Waals surface area contributed by atoms with Crippen molar-refractivity contribution in [3.8, 4) is 0 Å². The van der Waals surface area contributed by atoms with Gasteiger partial charge in [-0.3, -0.25) is 0 Å². The number of fused-ring (bicyclic) bond motifs is 1. The molecule has 2 aromatic rings. The minimum Gasteiger partial charge on any atom is -0.399 e. The van der Waals surface area contributed by atoms with E-state index in [1.54, 1.807) is 0 Å². The molecule has 0 unspecified atom stereocenters. The quantitative estimate of drug-likeness (QED) is 0.834. The molecule has 1 aliphatic heterocycles. The molecule has 1 aromatic heterocycles. The van der Waals surface area contributed by atoms with Gasteiger partial charge in [-0.1, -0.05) is 6.92 Å². The fourth-order valence-corrected chi connectivity index (χ4v) is 2.60. The second-order valence-electron chi connectivity index (χ2n) is 5.04. The van der Waals surface area contributed by atoms with Crippen LogP contribution in [-0.4, -0.2) is 42.6 Å². The van der Waals surface area contributed by atoms with Crippen molar-refractivity contribution < 1.29 is 0 Å². The number of pyridine rings is 1. The van der Waals surface area contributed by atoms with Crippen molar-refractivity contribution in [3.05, 3.63) is 30.3 Å². The molecule has 1 aliphatic rings. The first-order chi connectivity index (χ1) is 9.26. The predicted octanol–water partition coefficient (Wildman–Crippen LogP) is 1.96. The Bertz CT molecular complexity index is 573. The molecular formula is C15H20N4. The van der Waals surface area contributed by atoms with Crippen LogP contribution in [0.25, 0.3) is 10.9 Å². The van der Waals surface area contributed by atoms with Gasteiger partial charge in [0.15, 0.2) is 0 Å². The number of hydrogen-bond donors (Lipinski definition) is 1. The lowest BCUT2D eigenvalue weighted by molar-refractivity contribution is 0.270. The zero-order valence-electron chi connectivity index (χ0n) is 11.3. The van der Waals surface area contributed by atoms with Gasteiger partial charge in [-0.25, -0.2) is 4.98 Å². The topological polar surface area (TPSA) is 45.4 Å². The second kappa shape index (κ2) is 5.05. The lowest BCUT2D eigenvalue weighted by atomic mass is 10.2. The number of anilines is 2. The Labute approximate surface area is 113 Å². The van der Waals surface area contributed by atoms with Crippen molar-refractivity contribution in [1.29, 1.82) is 0 Å². The van der Waals surface area contributed by atoms with Gasteiger partial charge in [-0.2, -0.15) is 0 Å². The van der Waals surface area contributed by atoms with E-state index in [2.05, 4.69) is 28.9 Å². The van der Waals surface area contributed by atoms with Gasteiger partial charge in [-0.15, -0.1) is 0 Å². The number of aromatic nitrogens is 1. The van der Waals surface area contributed by atoms with Crippen LogP contribution < -0.4 is 10.6 Å². The van der Waals surface area contributed by atoms with Crippen LogP contribution in [0.1, 0.15) is 6.92 Å². The zero-order valence-corrected chi connectivity index (χ0v) is 11.3. The lowest BCUT2D eigenvalue weighted by Gasteiger charge is -2.34. The molecule has 2 heterocycles. The van der Waals surface area contributed by atoms with E-state index >= 15 is 0 Å². The smallest absolute Gasteiger partial charge is 0.129 e. The van der Waals surface area contributed by atoms with Gasteiger partial charge in [0, 0.05) is 37.3 Å². The summed E-state index contributed by atoms with van der Waals surface area (Å²) < 4.78 is 0. The summed E-state index contributed by atoms with van der Waals surface area (Å²) in [4.78, 5) is 9.58. The summed E-state index contributed by atoms with van der Waals surface area (Å²) in [5.41, 5.74) is 7.60. The summed E-state index contributed by atoms with van der Waals surface area (Å²) in [6.45, 7) is 7.71. The number of nitrogens with zero attached hydrogens (tertiary/aromatic N) is 3. The van der Waals surface area contributed by atoms with Gasteiger partial charge in [0.25, 0.3) is 0 Å². The molecule has 19 heavy (non-hydrogen) atoms. The number of likely N-dealkylation sites (N-methyl/N-ethyl adjacent to an activating group) is 1. The highest BCUT2D eigenvalue weighted by Gasteiger charge is 2.16. The Morgan fingerprint density at radius 1 is 1.11 bits per heavy atom. The molecular weight excluding hydrogens is 236 g/mol. The van der Waals surface area contributed by atoms with Crippen LogP contribution in [0.15, 0.2) is 30.3 Å². The van der Waals surface area contributed by atoms with Crippen molar-refractivity contribution in [3.63, 3.8) is 0 Å². The fraction of sp³-hybridized carbons (Fsp3) is 0.400. The van der Waals surface area contributed by atoms with Gasteiger partial charge in [0.2, 0.25) is 0 Å². The molecule has 1 aromatic carbocycles. The lowest BCUT2D eigenvalue weighted by Crippen LogP contribution is -2.46. The number of rotatable bonds is 2. The van der Waals surface area contributed by atoms with Crippen molar-refractivity contribution in [2.75, 3.05) is 43.4 Å². The fourth-order valence-electron chi connectivity index (χ4n) is 2.60. The number of benzene rings is 1. The van der Waals surface area contributed by atoms with E-state index in [1.807, 2.05) is 18.2 Å². The van der Waals surface area contributed by atoms with E-state index in [-0.39, 0.29) is 0 Å². The van der Waals surface area contributed by atoms with E-state index in [4.69, 9.17) is 10.7 Å². The molecule has 0 aliphatic carbocycles. The molecule has 0 atom stereocenters. The number of hydrogen-bond acceptors (Lipinski definition) is 4. The molecule has 0 amide bonds. The highest BCUT2D eigenvalue weighted by atomic mass is 15.3. The minimum atomic E-state index is 0.790. The summed E-state index contributed by atoms with van der Waals surface area (Å²) in [7, 11) is 0. The molecule has 4 nitrogen and oxygen atoms in total. The zero-order chi connectivity index (χ0) is 13.2. The molecule has 3 rings (SSSR count). The highest BCUT2D eigenvalue weighted by Crippen LogP contribution is 2.21. The number of nitrogen functional groups attached to an aromatic ring is 1. The first-order valence-electron chi connectivity index (χ1n) is 6.90. The summed E-state index contributed by atoms with van der Waals surface area (Å²) in [5.74, 6) is 1.08. The molecule has 1 saturated heterocycles. The van der Waals surface area contributed by atoms with E-state index < -0.39 is 0 Å². The molecule has 1 fully saturated rings. The Balaban J connectivity index is 1.84. The van der Waals surface area contributed by atoms with Crippen LogP contribution in [0, 0.1) is 0 Å². The average molecular weight is 256 g/mol. The van der Waals surface area contributed by atoms with E-state index in [9.17, 15) is 0 Å². The SMILES string of the molecule is CCN1CCN(c2ccc3cc(N)ccc3n2)CC1. The molecule has 0 radical (unpaired) electrons. The standard InChI is InChI=1S/C15H20N4/c1-2-18-7-9-19(10-8-18)15-6-3-12-11-13(16)4-5-14(12)17-15/h3-6,11H,2,7-10,16H2,1H3. The first-order valence-corrected chi connectivity index (χ1v) is 6.90. The van der Waals surface area contributed by atoms with Crippen LogP contribution >= 0.6 is 0 Å². The largest absolute Gasteiger partial charge is 0.399 e. The summed E-state index contributed by atoms with van der Waals surface area (Å²) in [5, 5.41) is 1.11. The summed E-state index contributed by atoms with van der Waals surface area (Å²) in [6.07, 6.45) is 0. The maximum Gasteiger partial charge on any atom is 0.129 e. The van der Waals surface area contributed by atoms with Gasteiger partial charge in [-0.05, 0) is 36.9 Å². The van der Waals surface area contributed by atoms with E-state index in [0.717, 1.165) is 55.1 Å². The van der Waals surface area contributed by atoms with Crippen molar-refractivity contribution >= 4 is 22.4 Å². The van der Waals surface area contributed by atoms with E-state index in [1.165, 1.54) is 0 Å². The highest BCUT2D eigenvalue weighted by molar-refractivity contribution is 5.83. The molecule has 0 bridgehead atoms. The molecule has 100 valence electrons. The Morgan fingerprint density at radius 3 is 2.63 bits per heavy atom. The Hall–Kier alpha value is -1.81. The van der Waals surface area contributed by atoms with Crippen molar-refractivity contribution in [2.24, 2.45) is 0 Å². The number of piperazine rings is 1. The van der Waals surface area contributed by atoms with Gasteiger partial charge >= 0.3 is 0 Å². The maximum atomic E-state index is 5.79. The monoisotopic (exact) mass is 256 g/mol. The molecule has 0 saturated carbocycles. The van der Waals surface area contributed by atoms with Crippen LogP contribution in [-0.2, 0) is 0 Å². The molecule has 0 spiro atoms. The maximum absolute atomic E-state index is 5.79. The minimum absolute atomic E-state index is 0.790. The van der Waals surface area contributed by atoms with Gasteiger partial charge in [0.1, 0.15) is 5.82 Å². The van der Waals surface area contributed by atoms with Crippen LogP contribution in [0.2, 0.25) is 0 Å². The van der Waals surface area contributed by atoms with Crippen LogP contribution in [0.5, 0.6) is 0 Å². The summed E-state index contributed by atoms with van der Waals surface area (Å²) in [6, 6.07) is 10.1.